The molecule has 1 aromatic rings. The van der Waals surface area contributed by atoms with Crippen LogP contribution in [0, 0.1) is 17.2 Å². The van der Waals surface area contributed by atoms with E-state index in [1.54, 1.807) is 0 Å². The number of hydrogen-bond donors (Lipinski definition) is 1. The fourth-order valence-electron chi connectivity index (χ4n) is 4.50. The van der Waals surface area contributed by atoms with Crippen LogP contribution in [0.2, 0.25) is 5.02 Å². The van der Waals surface area contributed by atoms with Gasteiger partial charge in [0.15, 0.2) is 0 Å². The van der Waals surface area contributed by atoms with Gasteiger partial charge < -0.3 is 19.7 Å². The Bertz CT molecular complexity index is 880. The lowest BCUT2D eigenvalue weighted by molar-refractivity contribution is -0.246. The van der Waals surface area contributed by atoms with E-state index >= 15 is 0 Å². The molecule has 170 valence electrons. The zero-order chi connectivity index (χ0) is 22.4. The summed E-state index contributed by atoms with van der Waals surface area (Å²) in [5, 5.41) is 2.59. The summed E-state index contributed by atoms with van der Waals surface area (Å²) in [7, 11) is 0. The molecule has 0 unspecified atom stereocenters. The zero-order valence-electron chi connectivity index (χ0n) is 16.4. The number of benzene rings is 1. The normalized spacial score (nSPS) is 27.5. The third-order valence-electron chi connectivity index (χ3n) is 6.50. The van der Waals surface area contributed by atoms with Crippen molar-refractivity contribution in [3.8, 4) is 5.75 Å². The van der Waals surface area contributed by atoms with Crippen molar-refractivity contribution >= 4 is 23.6 Å². The molecule has 6 nitrogen and oxygen atoms in total. The predicted molar refractivity (Wildman–Crippen MR) is 101 cm³/mol. The molecule has 0 atom stereocenters. The van der Waals surface area contributed by atoms with Crippen molar-refractivity contribution in [3.63, 3.8) is 0 Å². The molecule has 31 heavy (non-hydrogen) atoms. The molecule has 1 aromatic carbocycles. The maximum Gasteiger partial charge on any atom is 0.407 e. The Morgan fingerprint density at radius 1 is 1.29 bits per heavy atom. The number of halogens is 5. The molecule has 1 saturated carbocycles. The van der Waals surface area contributed by atoms with Gasteiger partial charge in [-0.2, -0.15) is 13.2 Å². The second kappa shape index (κ2) is 7.72. The van der Waals surface area contributed by atoms with E-state index in [4.69, 9.17) is 21.1 Å². The second-order valence-corrected chi connectivity index (χ2v) is 8.96. The molecule has 1 N–H and O–H groups in total. The number of nitrogens with zero attached hydrogens (tertiary/aromatic N) is 1. The van der Waals surface area contributed by atoms with Gasteiger partial charge in [-0.25, -0.2) is 9.18 Å². The van der Waals surface area contributed by atoms with E-state index < -0.39 is 35.6 Å². The van der Waals surface area contributed by atoms with Crippen molar-refractivity contribution < 1.29 is 36.6 Å². The molecule has 2 saturated heterocycles. The van der Waals surface area contributed by atoms with E-state index in [0.29, 0.717) is 12.8 Å². The average molecular weight is 465 g/mol. The molecule has 0 aromatic heterocycles. The van der Waals surface area contributed by atoms with E-state index in [1.807, 2.05) is 0 Å². The molecular formula is C20H21ClF4N2O4. The highest BCUT2D eigenvalue weighted by molar-refractivity contribution is 6.32. The Balaban J connectivity index is 1.36. The Kier molecular flexibility index (Phi) is 5.47. The van der Waals surface area contributed by atoms with E-state index in [1.165, 1.54) is 11.0 Å². The maximum absolute atomic E-state index is 13.9. The van der Waals surface area contributed by atoms with Gasteiger partial charge in [-0.3, -0.25) is 4.79 Å². The first-order valence-electron chi connectivity index (χ1n) is 9.91. The molecule has 3 aliphatic rings. The molecule has 0 bridgehead atoms. The molecule has 4 rings (SSSR count). The lowest BCUT2D eigenvalue weighted by atomic mass is 9.68. The van der Waals surface area contributed by atoms with Crippen molar-refractivity contribution in [2.75, 3.05) is 26.3 Å². The lowest BCUT2D eigenvalue weighted by Crippen LogP contribution is -2.60. The number of rotatable bonds is 4. The Labute approximate surface area is 180 Å². The number of piperidine rings is 1. The summed E-state index contributed by atoms with van der Waals surface area (Å²) in [6.45, 7) is -0.563. The average Bonchev–Trinajstić information content (AvgIpc) is 3.07. The minimum atomic E-state index is -4.54. The Morgan fingerprint density at radius 2 is 1.97 bits per heavy atom. The van der Waals surface area contributed by atoms with E-state index in [9.17, 15) is 27.2 Å². The number of amides is 2. The fourth-order valence-corrected chi connectivity index (χ4v) is 4.72. The summed E-state index contributed by atoms with van der Waals surface area (Å²) in [4.78, 5) is 25.4. The highest BCUT2D eigenvalue weighted by Gasteiger charge is 2.58. The van der Waals surface area contributed by atoms with Crippen LogP contribution in [-0.2, 0) is 9.53 Å². The molecule has 2 heterocycles. The lowest BCUT2D eigenvalue weighted by Gasteiger charge is -2.47. The van der Waals surface area contributed by atoms with Crippen LogP contribution in [0.15, 0.2) is 18.2 Å². The maximum atomic E-state index is 13.9. The third kappa shape index (κ3) is 4.14. The zero-order valence-corrected chi connectivity index (χ0v) is 17.2. The third-order valence-corrected chi connectivity index (χ3v) is 6.80. The van der Waals surface area contributed by atoms with Gasteiger partial charge in [0.05, 0.1) is 10.6 Å². The minimum Gasteiger partial charge on any atom is -0.491 e. The quantitative estimate of drug-likeness (QED) is 0.686. The van der Waals surface area contributed by atoms with Crippen LogP contribution in [0.3, 0.4) is 0 Å². The van der Waals surface area contributed by atoms with Crippen LogP contribution in [-0.4, -0.2) is 54.9 Å². The monoisotopic (exact) mass is 464 g/mol. The van der Waals surface area contributed by atoms with Gasteiger partial charge in [0.25, 0.3) is 0 Å². The Hall–Kier alpha value is -2.23. The number of alkyl halides is 3. The number of likely N-dealkylation sites (tertiary alicyclic amines) is 1. The summed E-state index contributed by atoms with van der Waals surface area (Å²) in [5.74, 6) is -1.18. The smallest absolute Gasteiger partial charge is 0.407 e. The van der Waals surface area contributed by atoms with Gasteiger partial charge in [0.1, 0.15) is 30.2 Å². The summed E-state index contributed by atoms with van der Waals surface area (Å²) in [5.41, 5.74) is -2.65. The van der Waals surface area contributed by atoms with Gasteiger partial charge in [-0.1, -0.05) is 11.6 Å². The first-order valence-corrected chi connectivity index (χ1v) is 10.3. The summed E-state index contributed by atoms with van der Waals surface area (Å²) in [6, 6.07) is 3.23. The summed E-state index contributed by atoms with van der Waals surface area (Å²) in [6.07, 6.45) is -4.83. The number of carbonyl (C=O) groups excluding carboxylic acids is 2. The Morgan fingerprint density at radius 3 is 2.52 bits per heavy atom. The van der Waals surface area contributed by atoms with Gasteiger partial charge >= 0.3 is 12.3 Å². The first-order chi connectivity index (χ1) is 14.5. The van der Waals surface area contributed by atoms with Crippen molar-refractivity contribution in [2.45, 2.75) is 37.4 Å². The molecular weight excluding hydrogens is 444 g/mol. The second-order valence-electron chi connectivity index (χ2n) is 8.55. The van der Waals surface area contributed by atoms with Crippen LogP contribution in [0.25, 0.3) is 0 Å². The summed E-state index contributed by atoms with van der Waals surface area (Å²) < 4.78 is 65.2. The number of alkyl carbamates (subject to hydrolysis) is 1. The van der Waals surface area contributed by atoms with E-state index in [0.717, 1.165) is 12.1 Å². The fraction of sp³-hybridized carbons (Fsp3) is 0.600. The van der Waals surface area contributed by atoms with Crippen LogP contribution in [0.5, 0.6) is 5.75 Å². The minimum absolute atomic E-state index is 0.0224. The SMILES string of the molecule is O=C1N[C@]2(CO1)C[C@@H](C(=O)N1CCC(COc3ccc(F)cc3Cl)(C(F)(F)F)CC1)C2. The standard InChI is InChI=1S/C20H21ClF4N2O4/c21-14-7-13(22)1-2-15(14)30-10-18(20(23,24)25)3-5-27(6-4-18)16(28)12-8-19(9-12)11-31-17(29)26-19/h1-2,7,12H,3-6,8-11H2,(H,26,29)/t12-,19-. The van der Waals surface area contributed by atoms with Crippen molar-refractivity contribution in [1.82, 2.24) is 10.2 Å². The molecule has 2 amide bonds. The van der Waals surface area contributed by atoms with E-state index in [2.05, 4.69) is 5.32 Å². The highest BCUT2D eigenvalue weighted by Crippen LogP contribution is 2.48. The highest BCUT2D eigenvalue weighted by atomic mass is 35.5. The number of nitrogens with one attached hydrogen (secondary N) is 1. The molecule has 1 aliphatic carbocycles. The molecule has 0 radical (unpaired) electrons. The molecule has 1 spiro atoms. The van der Waals surface area contributed by atoms with Crippen LogP contribution < -0.4 is 10.1 Å². The van der Waals surface area contributed by atoms with Gasteiger partial charge in [0, 0.05) is 19.0 Å². The van der Waals surface area contributed by atoms with Crippen molar-refractivity contribution in [2.24, 2.45) is 11.3 Å². The molecule has 3 fully saturated rings. The molecule has 11 heteroatoms. The number of ether oxygens (including phenoxy) is 2. The topological polar surface area (TPSA) is 67.9 Å². The number of hydrogen-bond acceptors (Lipinski definition) is 4. The van der Waals surface area contributed by atoms with Crippen molar-refractivity contribution in [1.29, 1.82) is 0 Å². The predicted octanol–water partition coefficient (Wildman–Crippen LogP) is 3.92. The van der Waals surface area contributed by atoms with Gasteiger partial charge in [0.2, 0.25) is 5.91 Å². The van der Waals surface area contributed by atoms with Gasteiger partial charge in [-0.15, -0.1) is 0 Å². The largest absolute Gasteiger partial charge is 0.491 e. The van der Waals surface area contributed by atoms with Crippen molar-refractivity contribution in [3.05, 3.63) is 29.0 Å². The summed E-state index contributed by atoms with van der Waals surface area (Å²) >= 11 is 5.86. The number of carbonyl (C=O) groups is 2. The van der Waals surface area contributed by atoms with Crippen LogP contribution >= 0.6 is 11.6 Å². The van der Waals surface area contributed by atoms with Gasteiger partial charge in [-0.05, 0) is 43.9 Å². The number of cyclic esters (lactones) is 1. The van der Waals surface area contributed by atoms with Crippen LogP contribution in [0.1, 0.15) is 25.7 Å². The first kappa shape index (κ1) is 22.0. The van der Waals surface area contributed by atoms with Crippen LogP contribution in [0.4, 0.5) is 22.4 Å². The van der Waals surface area contributed by atoms with E-state index in [-0.39, 0.29) is 55.1 Å². The molecule has 2 aliphatic heterocycles.